The summed E-state index contributed by atoms with van der Waals surface area (Å²) in [5, 5.41) is 3.88. The molecule has 108 valence electrons. The number of nitrogens with zero attached hydrogens (tertiary/aromatic N) is 3. The minimum Gasteiger partial charge on any atom is -0.373 e. The molecular formula is C13H19N5O2. The summed E-state index contributed by atoms with van der Waals surface area (Å²) >= 11 is 0. The molecule has 3 rings (SSSR count). The van der Waals surface area contributed by atoms with Gasteiger partial charge < -0.3 is 20.0 Å². The van der Waals surface area contributed by atoms with Gasteiger partial charge in [-0.25, -0.2) is 4.98 Å². The number of nitrogens with one attached hydrogen (secondary N) is 1. The number of imidazole rings is 1. The van der Waals surface area contributed by atoms with E-state index >= 15 is 0 Å². The van der Waals surface area contributed by atoms with Gasteiger partial charge in [-0.2, -0.15) is 4.98 Å². The zero-order chi connectivity index (χ0) is 14.0. The first-order valence-corrected chi connectivity index (χ1v) is 6.96. The summed E-state index contributed by atoms with van der Waals surface area (Å²) in [5.41, 5.74) is 6.61. The molecule has 0 saturated heterocycles. The average molecular weight is 277 g/mol. The van der Waals surface area contributed by atoms with E-state index < -0.39 is 0 Å². The van der Waals surface area contributed by atoms with Gasteiger partial charge in [-0.15, -0.1) is 0 Å². The van der Waals surface area contributed by atoms with Crippen LogP contribution in [0.25, 0.3) is 11.6 Å². The first kappa shape index (κ1) is 13.3. The number of nitrogens with two attached hydrogens (primary N) is 1. The van der Waals surface area contributed by atoms with Crippen molar-refractivity contribution in [3.8, 4) is 11.6 Å². The molecule has 1 aliphatic carbocycles. The molecule has 0 unspecified atom stereocenters. The lowest BCUT2D eigenvalue weighted by Crippen LogP contribution is -2.44. The molecule has 1 fully saturated rings. The van der Waals surface area contributed by atoms with E-state index in [2.05, 4.69) is 27.0 Å². The minimum absolute atomic E-state index is 0.314. The third-order valence-corrected chi connectivity index (χ3v) is 3.57. The number of aromatic nitrogens is 4. The maximum Gasteiger partial charge on any atom is 0.276 e. The van der Waals surface area contributed by atoms with Gasteiger partial charge in [0.15, 0.2) is 5.82 Å². The van der Waals surface area contributed by atoms with Gasteiger partial charge in [-0.3, -0.25) is 0 Å². The van der Waals surface area contributed by atoms with Gasteiger partial charge in [0.2, 0.25) is 0 Å². The topological polar surface area (TPSA) is 103 Å². The molecule has 2 aromatic rings. The van der Waals surface area contributed by atoms with Crippen molar-refractivity contribution in [2.24, 2.45) is 5.73 Å². The molecule has 7 nitrogen and oxygen atoms in total. The van der Waals surface area contributed by atoms with Gasteiger partial charge in [0.05, 0.1) is 11.7 Å². The molecule has 1 aliphatic rings. The lowest BCUT2D eigenvalue weighted by Gasteiger charge is -2.35. The second kappa shape index (κ2) is 5.34. The van der Waals surface area contributed by atoms with Crippen LogP contribution in [0.15, 0.2) is 10.7 Å². The first-order valence-electron chi connectivity index (χ1n) is 6.96. The van der Waals surface area contributed by atoms with E-state index in [1.165, 1.54) is 0 Å². The van der Waals surface area contributed by atoms with Crippen molar-refractivity contribution in [1.29, 1.82) is 0 Å². The second-order valence-corrected chi connectivity index (χ2v) is 5.22. The smallest absolute Gasteiger partial charge is 0.276 e. The van der Waals surface area contributed by atoms with Crippen molar-refractivity contribution in [3.63, 3.8) is 0 Å². The molecule has 0 atom stereocenters. The monoisotopic (exact) mass is 277 g/mol. The van der Waals surface area contributed by atoms with Crippen molar-refractivity contribution in [3.05, 3.63) is 17.8 Å². The third-order valence-electron chi connectivity index (χ3n) is 3.57. The van der Waals surface area contributed by atoms with Crippen molar-refractivity contribution < 1.29 is 9.26 Å². The van der Waals surface area contributed by atoms with E-state index in [0.29, 0.717) is 30.6 Å². The highest BCUT2D eigenvalue weighted by atomic mass is 16.5. The summed E-state index contributed by atoms with van der Waals surface area (Å²) in [6.07, 6.45) is 5.71. The Labute approximate surface area is 116 Å². The Balaban J connectivity index is 1.70. The Hall–Kier alpha value is -1.73. The van der Waals surface area contributed by atoms with Crippen molar-refractivity contribution >= 4 is 0 Å². The zero-order valence-corrected chi connectivity index (χ0v) is 11.6. The fourth-order valence-corrected chi connectivity index (χ4v) is 2.21. The Morgan fingerprint density at radius 3 is 3.05 bits per heavy atom. The van der Waals surface area contributed by atoms with Gasteiger partial charge in [0.25, 0.3) is 5.89 Å². The molecule has 2 heterocycles. The normalized spacial score (nSPS) is 17.1. The summed E-state index contributed by atoms with van der Waals surface area (Å²) in [4.78, 5) is 11.8. The Morgan fingerprint density at radius 2 is 2.35 bits per heavy atom. The van der Waals surface area contributed by atoms with Crippen molar-refractivity contribution in [1.82, 2.24) is 20.1 Å². The molecule has 3 N–H and O–H groups in total. The van der Waals surface area contributed by atoms with Crippen LogP contribution in [0, 0.1) is 0 Å². The fraction of sp³-hybridized carbons (Fsp3) is 0.615. The molecule has 0 bridgehead atoms. The summed E-state index contributed by atoms with van der Waals surface area (Å²) in [6, 6.07) is 0. The summed E-state index contributed by atoms with van der Waals surface area (Å²) in [7, 11) is 0. The Morgan fingerprint density at radius 1 is 1.50 bits per heavy atom. The quantitative estimate of drug-likeness (QED) is 0.779. The van der Waals surface area contributed by atoms with E-state index in [1.54, 1.807) is 6.20 Å². The van der Waals surface area contributed by atoms with E-state index in [-0.39, 0.29) is 5.54 Å². The van der Waals surface area contributed by atoms with Crippen LogP contribution in [0.4, 0.5) is 0 Å². The van der Waals surface area contributed by atoms with Crippen LogP contribution in [0.2, 0.25) is 0 Å². The molecular weight excluding hydrogens is 258 g/mol. The Bertz CT molecular complexity index is 573. The molecule has 7 heteroatoms. The van der Waals surface area contributed by atoms with Crippen molar-refractivity contribution in [2.75, 3.05) is 6.61 Å². The molecule has 2 aromatic heterocycles. The van der Waals surface area contributed by atoms with Gasteiger partial charge in [-0.1, -0.05) is 12.1 Å². The summed E-state index contributed by atoms with van der Waals surface area (Å²) < 4.78 is 10.6. The highest BCUT2D eigenvalue weighted by Gasteiger charge is 2.37. The van der Waals surface area contributed by atoms with Crippen LogP contribution in [0.3, 0.4) is 0 Å². The van der Waals surface area contributed by atoms with Crippen LogP contribution >= 0.6 is 0 Å². The maximum atomic E-state index is 6.22. The lowest BCUT2D eigenvalue weighted by molar-refractivity contribution is 0.114. The van der Waals surface area contributed by atoms with Crippen LogP contribution in [0.1, 0.15) is 44.3 Å². The molecule has 0 spiro atoms. The number of aromatic amines is 1. The van der Waals surface area contributed by atoms with Gasteiger partial charge in [-0.05, 0) is 25.7 Å². The van der Waals surface area contributed by atoms with Crippen molar-refractivity contribution in [2.45, 2.75) is 44.8 Å². The Kier molecular flexibility index (Phi) is 3.54. The fourth-order valence-electron chi connectivity index (χ4n) is 2.21. The van der Waals surface area contributed by atoms with Crippen LogP contribution in [0.5, 0.6) is 0 Å². The van der Waals surface area contributed by atoms with E-state index in [0.717, 1.165) is 31.5 Å². The molecule has 0 amide bonds. The third kappa shape index (κ3) is 2.46. The van der Waals surface area contributed by atoms with E-state index in [9.17, 15) is 0 Å². The number of ether oxygens (including phenoxy) is 1. The van der Waals surface area contributed by atoms with Crippen LogP contribution in [-0.2, 0) is 16.9 Å². The zero-order valence-electron chi connectivity index (χ0n) is 11.6. The predicted molar refractivity (Wildman–Crippen MR) is 71.5 cm³/mol. The summed E-state index contributed by atoms with van der Waals surface area (Å²) in [5.74, 6) is 1.75. The standard InChI is InChI=1S/C13H19N5O2/c1-2-6-19-8-10-17-11(20-18-10)9-7-15-12(16-9)13(14)4-3-5-13/h7H,2-6,8,14H2,1H3,(H,15,16). The number of H-pyrrole nitrogens is 1. The van der Waals surface area contributed by atoms with Gasteiger partial charge in [0, 0.05) is 6.61 Å². The molecule has 0 aromatic carbocycles. The van der Waals surface area contributed by atoms with Gasteiger partial charge >= 0.3 is 0 Å². The molecule has 20 heavy (non-hydrogen) atoms. The minimum atomic E-state index is -0.314. The number of hydrogen-bond acceptors (Lipinski definition) is 6. The van der Waals surface area contributed by atoms with E-state index in [1.807, 2.05) is 0 Å². The van der Waals surface area contributed by atoms with Gasteiger partial charge in [0.1, 0.15) is 18.1 Å². The second-order valence-electron chi connectivity index (χ2n) is 5.22. The highest BCUT2D eigenvalue weighted by Crippen LogP contribution is 2.37. The SMILES string of the molecule is CCCOCc1noc(-c2cnc(C3(N)CCC3)[nH]2)n1. The van der Waals surface area contributed by atoms with Crippen LogP contribution in [-0.4, -0.2) is 26.7 Å². The first-order chi connectivity index (χ1) is 9.71. The van der Waals surface area contributed by atoms with E-state index in [4.69, 9.17) is 15.0 Å². The molecule has 0 aliphatic heterocycles. The average Bonchev–Trinajstić information content (AvgIpc) is 3.05. The number of rotatable bonds is 6. The largest absolute Gasteiger partial charge is 0.373 e. The highest BCUT2D eigenvalue weighted by molar-refractivity contribution is 5.45. The molecule has 0 radical (unpaired) electrons. The molecule has 1 saturated carbocycles. The number of hydrogen-bond donors (Lipinski definition) is 2. The van der Waals surface area contributed by atoms with Crippen LogP contribution < -0.4 is 5.73 Å². The summed E-state index contributed by atoms with van der Waals surface area (Å²) in [6.45, 7) is 3.10. The predicted octanol–water partition coefficient (Wildman–Crippen LogP) is 1.72. The maximum absolute atomic E-state index is 6.22. The lowest BCUT2D eigenvalue weighted by atomic mass is 9.77.